The summed E-state index contributed by atoms with van der Waals surface area (Å²) in [6.07, 6.45) is -2.35. The molecule has 0 unspecified atom stereocenters. The van der Waals surface area contributed by atoms with Crippen LogP contribution in [0.2, 0.25) is 22.2 Å². The number of fused-ring (bicyclic) bond motifs is 1. The minimum atomic E-state index is -2.71. The molecule has 26 heavy (non-hydrogen) atoms. The summed E-state index contributed by atoms with van der Waals surface area (Å²) in [5.74, 6) is 0. The molecular weight excluding hydrogens is 368 g/mol. The standard InChI is InChI=1S/C18H38O6Si2/c1-11(2)25(12(3)4)21-10-15-17(16(19)18(20-9)22-15)23-26(24-25,13(5)6)14(7)8/h11-19H,10H2,1-9H3/t15-,16-,17-,18+/m1/s1. The Morgan fingerprint density at radius 2 is 1.38 bits per heavy atom. The van der Waals surface area contributed by atoms with Crippen molar-refractivity contribution in [3.05, 3.63) is 0 Å². The van der Waals surface area contributed by atoms with Gasteiger partial charge >= 0.3 is 17.1 Å². The normalized spacial score (nSPS) is 34.4. The van der Waals surface area contributed by atoms with Gasteiger partial charge in [0.25, 0.3) is 0 Å². The average Bonchev–Trinajstić information content (AvgIpc) is 2.81. The highest BCUT2D eigenvalue weighted by atomic mass is 28.5. The maximum atomic E-state index is 10.7. The number of hydrogen-bond acceptors (Lipinski definition) is 6. The third-order valence-electron chi connectivity index (χ3n) is 5.85. The molecule has 0 saturated carbocycles. The minimum Gasteiger partial charge on any atom is -0.414 e. The van der Waals surface area contributed by atoms with Crippen LogP contribution in [0.1, 0.15) is 55.4 Å². The van der Waals surface area contributed by atoms with Crippen LogP contribution in [0.15, 0.2) is 0 Å². The molecule has 0 aliphatic carbocycles. The first kappa shape index (κ1) is 22.5. The van der Waals surface area contributed by atoms with Gasteiger partial charge in [-0.2, -0.15) is 0 Å². The molecule has 6 nitrogen and oxygen atoms in total. The van der Waals surface area contributed by atoms with Crippen molar-refractivity contribution in [2.75, 3.05) is 13.7 Å². The second-order valence-corrected chi connectivity index (χ2v) is 17.7. The lowest BCUT2D eigenvalue weighted by atomic mass is 10.1. The number of rotatable bonds is 5. The van der Waals surface area contributed by atoms with Gasteiger partial charge < -0.3 is 27.5 Å². The van der Waals surface area contributed by atoms with Gasteiger partial charge in [-0.05, 0) is 22.2 Å². The van der Waals surface area contributed by atoms with Crippen LogP contribution in [0, 0.1) is 0 Å². The molecule has 2 saturated heterocycles. The topological polar surface area (TPSA) is 66.4 Å². The number of aliphatic hydroxyl groups is 1. The third-order valence-corrected chi connectivity index (χ3v) is 16.1. The second-order valence-electron chi connectivity index (χ2n) is 8.83. The molecule has 8 heteroatoms. The maximum absolute atomic E-state index is 10.7. The molecule has 0 aromatic carbocycles. The molecule has 0 radical (unpaired) electrons. The zero-order valence-corrected chi connectivity index (χ0v) is 19.8. The van der Waals surface area contributed by atoms with Crippen molar-refractivity contribution in [2.45, 2.75) is 102 Å². The van der Waals surface area contributed by atoms with E-state index in [1.54, 1.807) is 7.11 Å². The summed E-state index contributed by atoms with van der Waals surface area (Å²) >= 11 is 0. The van der Waals surface area contributed by atoms with Crippen LogP contribution in [0.3, 0.4) is 0 Å². The SMILES string of the molecule is CO[C@H]1O[C@@H]2CO[Si](C(C)C)(C(C)C)O[Si](C(C)C)(C(C)C)O[C@H]2[C@H]1O. The summed E-state index contributed by atoms with van der Waals surface area (Å²) in [7, 11) is -3.73. The number of hydrogen-bond donors (Lipinski definition) is 1. The monoisotopic (exact) mass is 406 g/mol. The molecule has 154 valence electrons. The first-order valence-corrected chi connectivity index (χ1v) is 13.8. The van der Waals surface area contributed by atoms with Gasteiger partial charge in [0.15, 0.2) is 6.29 Å². The van der Waals surface area contributed by atoms with E-state index in [1.165, 1.54) is 0 Å². The van der Waals surface area contributed by atoms with E-state index in [1.807, 2.05) is 0 Å². The van der Waals surface area contributed by atoms with Crippen LogP contribution in [0.4, 0.5) is 0 Å². The fourth-order valence-corrected chi connectivity index (χ4v) is 15.5. The molecular formula is C18H38O6Si2. The first-order valence-electron chi connectivity index (χ1n) is 9.90. The van der Waals surface area contributed by atoms with E-state index in [4.69, 9.17) is 22.4 Å². The van der Waals surface area contributed by atoms with E-state index in [9.17, 15) is 5.11 Å². The minimum absolute atomic E-state index is 0.225. The van der Waals surface area contributed by atoms with Crippen molar-refractivity contribution in [2.24, 2.45) is 0 Å². The molecule has 2 aliphatic rings. The van der Waals surface area contributed by atoms with Crippen LogP contribution in [0.25, 0.3) is 0 Å². The predicted octanol–water partition coefficient (Wildman–Crippen LogP) is 3.68. The summed E-state index contributed by atoms with van der Waals surface area (Å²) in [5.41, 5.74) is 1.03. The van der Waals surface area contributed by atoms with Crippen LogP contribution in [-0.4, -0.2) is 60.5 Å². The van der Waals surface area contributed by atoms with E-state index in [-0.39, 0.29) is 28.3 Å². The van der Waals surface area contributed by atoms with Crippen molar-refractivity contribution < 1.29 is 27.5 Å². The number of aliphatic hydroxyl groups excluding tert-OH is 1. The predicted molar refractivity (Wildman–Crippen MR) is 105 cm³/mol. The van der Waals surface area contributed by atoms with Crippen LogP contribution < -0.4 is 0 Å². The molecule has 1 N–H and O–H groups in total. The largest absolute Gasteiger partial charge is 0.414 e. The Morgan fingerprint density at radius 3 is 1.81 bits per heavy atom. The fraction of sp³-hybridized carbons (Fsp3) is 1.00. The molecule has 2 heterocycles. The zero-order chi connectivity index (χ0) is 19.9. The lowest BCUT2D eigenvalue weighted by Gasteiger charge is -2.51. The van der Waals surface area contributed by atoms with E-state index in [0.717, 1.165) is 0 Å². The third kappa shape index (κ3) is 3.71. The Labute approximate surface area is 161 Å². The molecule has 0 aromatic heterocycles. The van der Waals surface area contributed by atoms with Crippen molar-refractivity contribution in [3.63, 3.8) is 0 Å². The maximum Gasteiger partial charge on any atom is 0.335 e. The summed E-state index contributed by atoms with van der Waals surface area (Å²) in [6, 6.07) is 0. The quantitative estimate of drug-likeness (QED) is 0.703. The fourth-order valence-electron chi connectivity index (χ4n) is 4.32. The molecule has 0 aromatic rings. The van der Waals surface area contributed by atoms with Gasteiger partial charge in [-0.1, -0.05) is 55.4 Å². The molecule has 0 spiro atoms. The number of ether oxygens (including phenoxy) is 2. The summed E-state index contributed by atoms with van der Waals surface area (Å²) < 4.78 is 31.6. The van der Waals surface area contributed by atoms with Gasteiger partial charge in [0.05, 0.1) is 6.61 Å². The van der Waals surface area contributed by atoms with E-state index in [0.29, 0.717) is 6.61 Å². The van der Waals surface area contributed by atoms with Gasteiger partial charge in [-0.15, -0.1) is 0 Å². The van der Waals surface area contributed by atoms with Crippen LogP contribution in [-0.2, 0) is 22.4 Å². The number of methoxy groups -OCH3 is 1. The Hall–Kier alpha value is 0.194. The van der Waals surface area contributed by atoms with Crippen molar-refractivity contribution in [3.8, 4) is 0 Å². The Morgan fingerprint density at radius 1 is 0.885 bits per heavy atom. The van der Waals surface area contributed by atoms with Gasteiger partial charge in [0.1, 0.15) is 18.3 Å². The van der Waals surface area contributed by atoms with Gasteiger partial charge in [-0.25, -0.2) is 0 Å². The molecule has 2 fully saturated rings. The van der Waals surface area contributed by atoms with Crippen molar-refractivity contribution in [1.82, 2.24) is 0 Å². The highest BCUT2D eigenvalue weighted by Gasteiger charge is 2.61. The van der Waals surface area contributed by atoms with Gasteiger partial charge in [0.2, 0.25) is 0 Å². The van der Waals surface area contributed by atoms with E-state index >= 15 is 0 Å². The zero-order valence-electron chi connectivity index (χ0n) is 17.8. The molecule has 0 bridgehead atoms. The summed E-state index contributed by atoms with van der Waals surface area (Å²) in [6.45, 7) is 17.8. The molecule has 0 amide bonds. The highest BCUT2D eigenvalue weighted by Crippen LogP contribution is 2.47. The molecule has 4 atom stereocenters. The Bertz CT molecular complexity index is 455. The van der Waals surface area contributed by atoms with E-state index < -0.39 is 35.6 Å². The molecule has 2 aliphatic heterocycles. The van der Waals surface area contributed by atoms with Crippen molar-refractivity contribution >= 4 is 17.1 Å². The van der Waals surface area contributed by atoms with Gasteiger partial charge in [-0.3, -0.25) is 0 Å². The average molecular weight is 407 g/mol. The van der Waals surface area contributed by atoms with Crippen LogP contribution in [0.5, 0.6) is 0 Å². The second kappa shape index (κ2) is 8.28. The van der Waals surface area contributed by atoms with Crippen LogP contribution >= 0.6 is 0 Å². The smallest absolute Gasteiger partial charge is 0.335 e. The first-order chi connectivity index (χ1) is 12.0. The van der Waals surface area contributed by atoms with Gasteiger partial charge in [0, 0.05) is 7.11 Å². The molecule has 2 rings (SSSR count). The van der Waals surface area contributed by atoms with E-state index in [2.05, 4.69) is 55.4 Å². The summed E-state index contributed by atoms with van der Waals surface area (Å²) in [4.78, 5) is 0. The Kier molecular flexibility index (Phi) is 7.16. The Balaban J connectivity index is 2.52. The highest BCUT2D eigenvalue weighted by molar-refractivity contribution is 6.83. The lowest BCUT2D eigenvalue weighted by Crippen LogP contribution is -2.65. The summed E-state index contributed by atoms with van der Waals surface area (Å²) in [5, 5.41) is 10.7. The lowest BCUT2D eigenvalue weighted by molar-refractivity contribution is -0.152. The van der Waals surface area contributed by atoms with Crippen molar-refractivity contribution in [1.29, 1.82) is 0 Å².